The third-order valence-electron chi connectivity index (χ3n) is 4.62. The van der Waals surface area contributed by atoms with Gasteiger partial charge in [-0.1, -0.05) is 18.2 Å². The summed E-state index contributed by atoms with van der Waals surface area (Å²) in [6.45, 7) is -0.293. The van der Waals surface area contributed by atoms with E-state index < -0.39 is 32.3 Å². The smallest absolute Gasteiger partial charge is 0.271 e. The van der Waals surface area contributed by atoms with Gasteiger partial charge >= 0.3 is 0 Å². The first-order valence-electron chi connectivity index (χ1n) is 10.0. The van der Waals surface area contributed by atoms with Crippen molar-refractivity contribution < 1.29 is 32.4 Å². The van der Waals surface area contributed by atoms with Crippen molar-refractivity contribution in [3.63, 3.8) is 0 Å². The minimum Gasteiger partial charge on any atom is -0.493 e. The van der Waals surface area contributed by atoms with Gasteiger partial charge < -0.3 is 20.1 Å². The van der Waals surface area contributed by atoms with Crippen LogP contribution >= 0.6 is 0 Å². The predicted molar refractivity (Wildman–Crippen MR) is 128 cm³/mol. The van der Waals surface area contributed by atoms with Gasteiger partial charge in [-0.15, -0.1) is 0 Å². The van der Waals surface area contributed by atoms with Crippen LogP contribution in [-0.2, 0) is 14.6 Å². The average molecular weight is 500 g/mol. The summed E-state index contributed by atoms with van der Waals surface area (Å²) < 4.78 is 34.3. The van der Waals surface area contributed by atoms with Crippen LogP contribution in [0.5, 0.6) is 11.5 Å². The van der Waals surface area contributed by atoms with Gasteiger partial charge in [-0.25, -0.2) is 8.42 Å². The molecular formula is C23H21N3O8S. The van der Waals surface area contributed by atoms with Gasteiger partial charge in [0.15, 0.2) is 27.9 Å². The Morgan fingerprint density at radius 2 is 1.60 bits per heavy atom. The zero-order valence-electron chi connectivity index (χ0n) is 18.7. The first-order valence-corrected chi connectivity index (χ1v) is 11.9. The summed E-state index contributed by atoms with van der Waals surface area (Å²) >= 11 is 0. The van der Waals surface area contributed by atoms with Crippen molar-refractivity contribution in [2.24, 2.45) is 0 Å². The van der Waals surface area contributed by atoms with Gasteiger partial charge in [0.1, 0.15) is 0 Å². The van der Waals surface area contributed by atoms with Crippen LogP contribution in [0.25, 0.3) is 0 Å². The van der Waals surface area contributed by atoms with Gasteiger partial charge in [0.05, 0.1) is 16.9 Å². The Kier molecular flexibility index (Phi) is 7.66. The molecule has 0 saturated heterocycles. The Labute approximate surface area is 200 Å². The van der Waals surface area contributed by atoms with Crippen LogP contribution < -0.4 is 20.1 Å². The summed E-state index contributed by atoms with van der Waals surface area (Å²) in [5, 5.41) is 16.3. The summed E-state index contributed by atoms with van der Waals surface area (Å²) in [6.07, 6.45) is 0.886. The highest BCUT2D eigenvalue weighted by Crippen LogP contribution is 2.26. The number of nitro benzene ring substituents is 1. The van der Waals surface area contributed by atoms with Gasteiger partial charge in [0.25, 0.3) is 17.5 Å². The molecule has 0 aromatic heterocycles. The van der Waals surface area contributed by atoms with Crippen molar-refractivity contribution in [1.82, 2.24) is 0 Å². The Bertz CT molecular complexity index is 1390. The zero-order chi connectivity index (χ0) is 25.6. The van der Waals surface area contributed by atoms with Crippen molar-refractivity contribution >= 4 is 38.7 Å². The second kappa shape index (κ2) is 10.7. The number of carbonyl (C=O) groups is 2. The van der Waals surface area contributed by atoms with Gasteiger partial charge in [0, 0.05) is 35.3 Å². The molecule has 3 rings (SSSR count). The van der Waals surface area contributed by atoms with Crippen LogP contribution in [0.2, 0.25) is 0 Å². The quantitative estimate of drug-likeness (QED) is 0.336. The molecule has 12 heteroatoms. The molecule has 0 aliphatic rings. The third kappa shape index (κ3) is 6.77. The number of nitrogens with one attached hydrogen (secondary N) is 2. The summed E-state index contributed by atoms with van der Waals surface area (Å²) in [5.74, 6) is -0.348. The number of non-ortho nitro benzene ring substituents is 1. The van der Waals surface area contributed by atoms with Crippen molar-refractivity contribution in [2.75, 3.05) is 30.6 Å². The Balaban J connectivity index is 1.70. The standard InChI is InChI=1S/C23H21N3O8S/c1-33-20-8-3-4-9-21(20)34-14-22(27)24-16-6-5-7-17(12-16)25-23(28)15-10-18(26(29)30)13-19(11-15)35(2,31)32/h3-13H,14H2,1-2H3,(H,24,27)(H,25,28). The molecular weight excluding hydrogens is 478 g/mol. The number of para-hydroxylation sites is 2. The van der Waals surface area contributed by atoms with E-state index in [1.54, 1.807) is 36.4 Å². The number of anilines is 2. The van der Waals surface area contributed by atoms with E-state index >= 15 is 0 Å². The van der Waals surface area contributed by atoms with Crippen molar-refractivity contribution in [1.29, 1.82) is 0 Å². The van der Waals surface area contributed by atoms with Crippen LogP contribution in [0.1, 0.15) is 10.4 Å². The molecule has 0 atom stereocenters. The van der Waals surface area contributed by atoms with Gasteiger partial charge in [0.2, 0.25) is 0 Å². The van der Waals surface area contributed by atoms with E-state index in [1.165, 1.54) is 19.2 Å². The molecule has 0 fully saturated rings. The highest BCUT2D eigenvalue weighted by molar-refractivity contribution is 7.90. The zero-order valence-corrected chi connectivity index (χ0v) is 19.5. The summed E-state index contributed by atoms with van der Waals surface area (Å²) in [7, 11) is -2.31. The number of hydrogen-bond donors (Lipinski definition) is 2. The molecule has 182 valence electrons. The lowest BCUT2D eigenvalue weighted by atomic mass is 10.2. The second-order valence-electron chi connectivity index (χ2n) is 7.27. The molecule has 2 amide bonds. The number of nitrogens with zero attached hydrogens (tertiary/aromatic N) is 1. The minimum absolute atomic E-state index is 0.209. The molecule has 0 bridgehead atoms. The van der Waals surface area contributed by atoms with Gasteiger partial charge in [-0.05, 0) is 36.4 Å². The van der Waals surface area contributed by atoms with Crippen LogP contribution in [0.3, 0.4) is 0 Å². The topological polar surface area (TPSA) is 154 Å². The van der Waals surface area contributed by atoms with Crippen molar-refractivity contribution in [3.05, 3.63) is 82.4 Å². The van der Waals surface area contributed by atoms with Crippen LogP contribution in [-0.4, -0.2) is 45.1 Å². The molecule has 0 aliphatic carbocycles. The van der Waals surface area contributed by atoms with Crippen molar-refractivity contribution in [3.8, 4) is 11.5 Å². The maximum Gasteiger partial charge on any atom is 0.271 e. The monoisotopic (exact) mass is 499 g/mol. The van der Waals surface area contributed by atoms with Gasteiger partial charge in [-0.2, -0.15) is 0 Å². The summed E-state index contributed by atoms with van der Waals surface area (Å²) in [4.78, 5) is 35.0. The number of rotatable bonds is 9. The van der Waals surface area contributed by atoms with E-state index in [1.807, 2.05) is 0 Å². The van der Waals surface area contributed by atoms with Gasteiger partial charge in [-0.3, -0.25) is 19.7 Å². The molecule has 0 aliphatic heterocycles. The largest absolute Gasteiger partial charge is 0.493 e. The number of amides is 2. The minimum atomic E-state index is -3.79. The number of sulfone groups is 1. The summed E-state index contributed by atoms with van der Waals surface area (Å²) in [5.41, 5.74) is -0.119. The fraction of sp³-hybridized carbons (Fsp3) is 0.130. The molecule has 3 aromatic carbocycles. The van der Waals surface area contributed by atoms with E-state index in [0.717, 1.165) is 24.5 Å². The molecule has 2 N–H and O–H groups in total. The van der Waals surface area contributed by atoms with Crippen molar-refractivity contribution in [2.45, 2.75) is 4.90 Å². The van der Waals surface area contributed by atoms with E-state index in [-0.39, 0.29) is 22.8 Å². The molecule has 0 spiro atoms. The predicted octanol–water partition coefficient (Wildman–Crippen LogP) is 3.28. The molecule has 0 heterocycles. The maximum absolute atomic E-state index is 12.7. The first-order chi connectivity index (χ1) is 16.6. The van der Waals surface area contributed by atoms with E-state index in [4.69, 9.17) is 9.47 Å². The molecule has 3 aromatic rings. The summed E-state index contributed by atoms with van der Waals surface area (Å²) in [6, 6.07) is 15.9. The van der Waals surface area contributed by atoms with Crippen LogP contribution in [0.15, 0.2) is 71.6 Å². The lowest BCUT2D eigenvalue weighted by Gasteiger charge is -2.11. The lowest BCUT2D eigenvalue weighted by Crippen LogP contribution is -2.20. The first kappa shape index (κ1) is 25.2. The average Bonchev–Trinajstić information content (AvgIpc) is 2.82. The maximum atomic E-state index is 12.7. The Hall–Kier alpha value is -4.45. The lowest BCUT2D eigenvalue weighted by molar-refractivity contribution is -0.385. The Morgan fingerprint density at radius 3 is 2.23 bits per heavy atom. The molecule has 11 nitrogen and oxygen atoms in total. The van der Waals surface area contributed by atoms with Crippen LogP contribution in [0.4, 0.5) is 17.1 Å². The van der Waals surface area contributed by atoms with Crippen LogP contribution in [0, 0.1) is 10.1 Å². The van der Waals surface area contributed by atoms with E-state index in [9.17, 15) is 28.1 Å². The van der Waals surface area contributed by atoms with E-state index in [2.05, 4.69) is 10.6 Å². The fourth-order valence-electron chi connectivity index (χ4n) is 2.99. The fourth-order valence-corrected chi connectivity index (χ4v) is 3.67. The number of benzene rings is 3. The molecule has 0 radical (unpaired) electrons. The number of hydrogen-bond acceptors (Lipinski definition) is 8. The molecule has 35 heavy (non-hydrogen) atoms. The Morgan fingerprint density at radius 1 is 0.943 bits per heavy atom. The number of ether oxygens (including phenoxy) is 2. The second-order valence-corrected chi connectivity index (χ2v) is 9.28. The third-order valence-corrected chi connectivity index (χ3v) is 5.72. The highest BCUT2D eigenvalue weighted by atomic mass is 32.2. The number of nitro groups is 1. The molecule has 0 saturated carbocycles. The number of methoxy groups -OCH3 is 1. The van der Waals surface area contributed by atoms with E-state index in [0.29, 0.717) is 17.2 Å². The highest BCUT2D eigenvalue weighted by Gasteiger charge is 2.19. The molecule has 0 unspecified atom stereocenters. The normalized spacial score (nSPS) is 10.8. The number of carbonyl (C=O) groups excluding carboxylic acids is 2. The SMILES string of the molecule is COc1ccccc1OCC(=O)Nc1cccc(NC(=O)c2cc([N+](=O)[O-])cc(S(C)(=O)=O)c2)c1.